The predicted octanol–water partition coefficient (Wildman–Crippen LogP) is 3.90. The number of carbonyl (C=O) groups excluding carboxylic acids is 1. The molecule has 1 amide bonds. The van der Waals surface area contributed by atoms with Crippen molar-refractivity contribution in [1.29, 1.82) is 0 Å². The Kier molecular flexibility index (Phi) is 5.41. The zero-order chi connectivity index (χ0) is 16.1. The third-order valence-electron chi connectivity index (χ3n) is 3.01. The number of nitrogens with zero attached hydrogens (tertiary/aromatic N) is 1. The molecule has 0 radical (unpaired) electrons. The number of rotatable bonds is 5. The van der Waals surface area contributed by atoms with Gasteiger partial charge in [0.15, 0.2) is 0 Å². The number of halogens is 1. The maximum absolute atomic E-state index is 12.2. The SMILES string of the molecule is CSc1ccc([N+](=O)[O-])c(C(=O)NCc2ccc(Cl)cc2)c1. The van der Waals surface area contributed by atoms with Gasteiger partial charge in [0.1, 0.15) is 5.56 Å². The lowest BCUT2D eigenvalue weighted by molar-refractivity contribution is -0.385. The molecule has 7 heteroatoms. The van der Waals surface area contributed by atoms with Crippen molar-refractivity contribution < 1.29 is 9.72 Å². The van der Waals surface area contributed by atoms with Crippen LogP contribution in [-0.4, -0.2) is 17.1 Å². The van der Waals surface area contributed by atoms with Gasteiger partial charge in [-0.2, -0.15) is 0 Å². The average Bonchev–Trinajstić information content (AvgIpc) is 2.53. The number of amides is 1. The normalized spacial score (nSPS) is 10.3. The summed E-state index contributed by atoms with van der Waals surface area (Å²) in [5, 5.41) is 14.3. The van der Waals surface area contributed by atoms with E-state index in [9.17, 15) is 14.9 Å². The Morgan fingerprint density at radius 3 is 2.55 bits per heavy atom. The van der Waals surface area contributed by atoms with Crippen LogP contribution < -0.4 is 5.32 Å². The highest BCUT2D eigenvalue weighted by Crippen LogP contribution is 2.24. The third-order valence-corrected chi connectivity index (χ3v) is 3.99. The van der Waals surface area contributed by atoms with Crippen molar-refractivity contribution in [2.75, 3.05) is 6.26 Å². The van der Waals surface area contributed by atoms with Crippen LogP contribution in [0.25, 0.3) is 0 Å². The second kappa shape index (κ2) is 7.29. The van der Waals surface area contributed by atoms with Gasteiger partial charge in [0.2, 0.25) is 0 Å². The van der Waals surface area contributed by atoms with Crippen LogP contribution in [0.4, 0.5) is 5.69 Å². The topological polar surface area (TPSA) is 72.2 Å². The van der Waals surface area contributed by atoms with E-state index in [0.717, 1.165) is 10.5 Å². The second-order valence-electron chi connectivity index (χ2n) is 4.45. The van der Waals surface area contributed by atoms with Gasteiger partial charge in [0, 0.05) is 22.5 Å². The lowest BCUT2D eigenvalue weighted by atomic mass is 10.1. The Morgan fingerprint density at radius 2 is 1.95 bits per heavy atom. The number of carbonyl (C=O) groups is 1. The Balaban J connectivity index is 2.17. The van der Waals surface area contributed by atoms with E-state index < -0.39 is 10.8 Å². The molecule has 2 aromatic rings. The van der Waals surface area contributed by atoms with Crippen LogP contribution >= 0.6 is 23.4 Å². The first kappa shape index (κ1) is 16.3. The van der Waals surface area contributed by atoms with Gasteiger partial charge in [-0.25, -0.2) is 0 Å². The predicted molar refractivity (Wildman–Crippen MR) is 87.5 cm³/mol. The van der Waals surface area contributed by atoms with Crippen molar-refractivity contribution in [3.8, 4) is 0 Å². The maximum Gasteiger partial charge on any atom is 0.282 e. The minimum atomic E-state index is -0.554. The molecule has 0 heterocycles. The molecule has 0 aliphatic rings. The van der Waals surface area contributed by atoms with Gasteiger partial charge < -0.3 is 5.32 Å². The van der Waals surface area contributed by atoms with Gasteiger partial charge in [-0.05, 0) is 36.1 Å². The number of hydrogen-bond acceptors (Lipinski definition) is 4. The molecule has 0 spiro atoms. The lowest BCUT2D eigenvalue weighted by Gasteiger charge is -2.07. The summed E-state index contributed by atoms with van der Waals surface area (Å²) < 4.78 is 0. The lowest BCUT2D eigenvalue weighted by Crippen LogP contribution is -2.23. The van der Waals surface area contributed by atoms with Crippen LogP contribution in [0.15, 0.2) is 47.4 Å². The second-order valence-corrected chi connectivity index (χ2v) is 5.77. The zero-order valence-corrected chi connectivity index (χ0v) is 13.3. The molecule has 0 unspecified atom stereocenters. The molecular formula is C15H13ClN2O3S. The summed E-state index contributed by atoms with van der Waals surface area (Å²) in [5.41, 5.74) is 0.721. The molecule has 0 saturated heterocycles. The standard InChI is InChI=1S/C15H13ClN2O3S/c1-22-12-6-7-14(18(20)21)13(8-12)15(19)17-9-10-2-4-11(16)5-3-10/h2-8H,9H2,1H3,(H,17,19). The van der Waals surface area contributed by atoms with Crippen molar-refractivity contribution in [3.05, 3.63) is 68.7 Å². The highest BCUT2D eigenvalue weighted by atomic mass is 35.5. The third kappa shape index (κ3) is 3.99. The van der Waals surface area contributed by atoms with Gasteiger partial charge in [-0.3, -0.25) is 14.9 Å². The summed E-state index contributed by atoms with van der Waals surface area (Å²) in [4.78, 5) is 23.5. The molecular weight excluding hydrogens is 324 g/mol. The van der Waals surface area contributed by atoms with Crippen LogP contribution in [0, 0.1) is 10.1 Å². The van der Waals surface area contributed by atoms with E-state index in [1.54, 1.807) is 30.3 Å². The quantitative estimate of drug-likeness (QED) is 0.510. The Labute approximate surface area is 136 Å². The number of nitro benzene ring substituents is 1. The molecule has 0 aromatic heterocycles. The summed E-state index contributed by atoms with van der Waals surface area (Å²) in [5.74, 6) is -0.474. The van der Waals surface area contributed by atoms with Crippen molar-refractivity contribution in [2.24, 2.45) is 0 Å². The fourth-order valence-electron chi connectivity index (χ4n) is 1.86. The zero-order valence-electron chi connectivity index (χ0n) is 11.7. The fourth-order valence-corrected chi connectivity index (χ4v) is 2.43. The molecule has 2 aromatic carbocycles. The molecule has 0 fully saturated rings. The van der Waals surface area contributed by atoms with Crippen molar-refractivity contribution >= 4 is 35.0 Å². The molecule has 0 bridgehead atoms. The van der Waals surface area contributed by atoms with Gasteiger partial charge in [-0.1, -0.05) is 23.7 Å². The highest BCUT2D eigenvalue weighted by Gasteiger charge is 2.20. The number of thioether (sulfide) groups is 1. The van der Waals surface area contributed by atoms with E-state index in [4.69, 9.17) is 11.6 Å². The number of hydrogen-bond donors (Lipinski definition) is 1. The van der Waals surface area contributed by atoms with Gasteiger partial charge in [0.05, 0.1) is 4.92 Å². The molecule has 0 aliphatic heterocycles. The first-order chi connectivity index (χ1) is 10.5. The first-order valence-corrected chi connectivity index (χ1v) is 7.96. The van der Waals surface area contributed by atoms with Crippen LogP contribution in [-0.2, 0) is 6.54 Å². The number of nitrogens with one attached hydrogen (secondary N) is 1. The highest BCUT2D eigenvalue weighted by molar-refractivity contribution is 7.98. The average molecular weight is 337 g/mol. The Hall–Kier alpha value is -2.05. The van der Waals surface area contributed by atoms with Crippen LogP contribution in [0.3, 0.4) is 0 Å². The van der Waals surface area contributed by atoms with Crippen molar-refractivity contribution in [1.82, 2.24) is 5.32 Å². The van der Waals surface area contributed by atoms with E-state index >= 15 is 0 Å². The van der Waals surface area contributed by atoms with E-state index in [0.29, 0.717) is 5.02 Å². The monoisotopic (exact) mass is 336 g/mol. The first-order valence-electron chi connectivity index (χ1n) is 6.36. The summed E-state index contributed by atoms with van der Waals surface area (Å²) in [6.45, 7) is 0.274. The number of benzene rings is 2. The van der Waals surface area contributed by atoms with E-state index in [1.165, 1.54) is 23.9 Å². The Bertz CT molecular complexity index is 704. The summed E-state index contributed by atoms with van der Waals surface area (Å²) in [6.07, 6.45) is 1.84. The minimum Gasteiger partial charge on any atom is -0.348 e. The van der Waals surface area contributed by atoms with Crippen LogP contribution in [0.5, 0.6) is 0 Å². The molecule has 114 valence electrons. The molecule has 0 atom stereocenters. The minimum absolute atomic E-state index is 0.0609. The number of nitro groups is 1. The summed E-state index contributed by atoms with van der Waals surface area (Å²) in [7, 11) is 0. The maximum atomic E-state index is 12.2. The molecule has 0 aliphatic carbocycles. The van der Waals surface area contributed by atoms with Gasteiger partial charge in [-0.15, -0.1) is 11.8 Å². The largest absolute Gasteiger partial charge is 0.348 e. The van der Waals surface area contributed by atoms with E-state index in [-0.39, 0.29) is 17.8 Å². The van der Waals surface area contributed by atoms with Crippen LogP contribution in [0.1, 0.15) is 15.9 Å². The Morgan fingerprint density at radius 1 is 1.27 bits per heavy atom. The summed E-state index contributed by atoms with van der Waals surface area (Å²) in [6, 6.07) is 11.5. The fraction of sp³-hybridized carbons (Fsp3) is 0.133. The van der Waals surface area contributed by atoms with E-state index in [1.807, 2.05) is 6.26 Å². The van der Waals surface area contributed by atoms with E-state index in [2.05, 4.69) is 5.32 Å². The molecule has 5 nitrogen and oxygen atoms in total. The van der Waals surface area contributed by atoms with Crippen molar-refractivity contribution in [3.63, 3.8) is 0 Å². The molecule has 2 rings (SSSR count). The van der Waals surface area contributed by atoms with Gasteiger partial charge in [0.25, 0.3) is 11.6 Å². The molecule has 22 heavy (non-hydrogen) atoms. The summed E-state index contributed by atoms with van der Waals surface area (Å²) >= 11 is 7.21. The molecule has 1 N–H and O–H groups in total. The van der Waals surface area contributed by atoms with Crippen molar-refractivity contribution in [2.45, 2.75) is 11.4 Å². The van der Waals surface area contributed by atoms with Gasteiger partial charge >= 0.3 is 0 Å². The molecule has 0 saturated carbocycles. The van der Waals surface area contributed by atoms with Crippen LogP contribution in [0.2, 0.25) is 5.02 Å². The smallest absolute Gasteiger partial charge is 0.282 e.